The standard InChI is InChI=1S/C20H31N3O4/c1-12(2)7-17(19(24)25)23-18(20(26)27)9-16(10-21)22-11-15-6-5-13(3)14(4)8-15/h5-6,8,10,12,17-18,22-23H,7,9,11,21H2,1-4H3,(H,24,25)(H,26,27)/b16-10-/t17?,18-/m0/s1. The lowest BCUT2D eigenvalue weighted by Crippen LogP contribution is -2.48. The quantitative estimate of drug-likeness (QED) is 0.400. The first-order chi connectivity index (χ1) is 12.6. The highest BCUT2D eigenvalue weighted by Crippen LogP contribution is 2.12. The fourth-order valence-electron chi connectivity index (χ4n) is 2.72. The van der Waals surface area contributed by atoms with Crippen LogP contribution in [0.15, 0.2) is 30.1 Å². The van der Waals surface area contributed by atoms with Gasteiger partial charge in [-0.1, -0.05) is 32.0 Å². The molecule has 0 bridgehead atoms. The summed E-state index contributed by atoms with van der Waals surface area (Å²) in [4.78, 5) is 23.0. The van der Waals surface area contributed by atoms with Gasteiger partial charge in [0.1, 0.15) is 12.1 Å². The van der Waals surface area contributed by atoms with Gasteiger partial charge in [0.15, 0.2) is 0 Å². The molecule has 0 heterocycles. The SMILES string of the molecule is Cc1ccc(CN/C(=C\N)C[C@H](NC(CC(C)C)C(=O)O)C(=O)O)cc1C. The number of rotatable bonds is 11. The van der Waals surface area contributed by atoms with E-state index in [0.717, 1.165) is 5.56 Å². The number of benzene rings is 1. The highest BCUT2D eigenvalue weighted by Gasteiger charge is 2.27. The van der Waals surface area contributed by atoms with Crippen LogP contribution in [-0.4, -0.2) is 34.2 Å². The molecule has 0 radical (unpaired) electrons. The van der Waals surface area contributed by atoms with Gasteiger partial charge in [0.2, 0.25) is 0 Å². The molecule has 0 aliphatic carbocycles. The molecule has 1 unspecified atom stereocenters. The van der Waals surface area contributed by atoms with Crippen molar-refractivity contribution in [2.75, 3.05) is 0 Å². The molecule has 0 spiro atoms. The summed E-state index contributed by atoms with van der Waals surface area (Å²) in [5.41, 5.74) is 9.63. The minimum absolute atomic E-state index is 0.0680. The van der Waals surface area contributed by atoms with Crippen molar-refractivity contribution in [1.82, 2.24) is 10.6 Å². The lowest BCUT2D eigenvalue weighted by molar-refractivity contribution is -0.142. The van der Waals surface area contributed by atoms with Gasteiger partial charge in [-0.25, -0.2) is 0 Å². The van der Waals surface area contributed by atoms with Crippen molar-refractivity contribution in [2.24, 2.45) is 11.7 Å². The lowest BCUT2D eigenvalue weighted by Gasteiger charge is -2.23. The van der Waals surface area contributed by atoms with Crippen molar-refractivity contribution >= 4 is 11.9 Å². The maximum atomic E-state index is 11.6. The van der Waals surface area contributed by atoms with Crippen LogP contribution in [0.25, 0.3) is 0 Å². The molecule has 1 rings (SSSR count). The van der Waals surface area contributed by atoms with Gasteiger partial charge < -0.3 is 21.3 Å². The summed E-state index contributed by atoms with van der Waals surface area (Å²) in [7, 11) is 0. The van der Waals surface area contributed by atoms with Crippen LogP contribution in [0.1, 0.15) is 43.4 Å². The first-order valence-corrected chi connectivity index (χ1v) is 9.06. The second kappa shape index (κ2) is 10.6. The Bertz CT molecular complexity index is 686. The molecular formula is C20H31N3O4. The van der Waals surface area contributed by atoms with Gasteiger partial charge in [-0.15, -0.1) is 0 Å². The van der Waals surface area contributed by atoms with Gasteiger partial charge >= 0.3 is 11.9 Å². The fourth-order valence-corrected chi connectivity index (χ4v) is 2.72. The molecule has 1 aromatic rings. The maximum absolute atomic E-state index is 11.6. The lowest BCUT2D eigenvalue weighted by atomic mass is 10.0. The van der Waals surface area contributed by atoms with Crippen molar-refractivity contribution in [3.63, 3.8) is 0 Å². The van der Waals surface area contributed by atoms with Crippen LogP contribution in [0.5, 0.6) is 0 Å². The monoisotopic (exact) mass is 377 g/mol. The Labute approximate surface area is 160 Å². The van der Waals surface area contributed by atoms with Crippen molar-refractivity contribution in [1.29, 1.82) is 0 Å². The summed E-state index contributed by atoms with van der Waals surface area (Å²) in [6.07, 6.45) is 1.74. The van der Waals surface area contributed by atoms with Crippen LogP contribution in [0.2, 0.25) is 0 Å². The van der Waals surface area contributed by atoms with Gasteiger partial charge in [0.05, 0.1) is 0 Å². The van der Waals surface area contributed by atoms with E-state index in [-0.39, 0.29) is 12.3 Å². The van der Waals surface area contributed by atoms with Gasteiger partial charge in [-0.3, -0.25) is 14.9 Å². The Morgan fingerprint density at radius 1 is 1.11 bits per heavy atom. The number of carboxylic acids is 2. The number of nitrogens with two attached hydrogens (primary N) is 1. The van der Waals surface area contributed by atoms with Gasteiger partial charge in [0, 0.05) is 24.9 Å². The van der Waals surface area contributed by atoms with Crippen molar-refractivity contribution < 1.29 is 19.8 Å². The molecule has 27 heavy (non-hydrogen) atoms. The predicted octanol–water partition coefficient (Wildman–Crippen LogP) is 2.13. The molecule has 0 aliphatic rings. The number of nitrogens with one attached hydrogen (secondary N) is 2. The summed E-state index contributed by atoms with van der Waals surface area (Å²) in [6.45, 7) is 8.36. The van der Waals surface area contributed by atoms with E-state index in [1.165, 1.54) is 17.3 Å². The van der Waals surface area contributed by atoms with Crippen LogP contribution in [0.3, 0.4) is 0 Å². The first-order valence-electron chi connectivity index (χ1n) is 9.06. The zero-order valence-electron chi connectivity index (χ0n) is 16.5. The van der Waals surface area contributed by atoms with E-state index in [1.807, 2.05) is 39.8 Å². The summed E-state index contributed by atoms with van der Waals surface area (Å²) < 4.78 is 0. The van der Waals surface area contributed by atoms with Gasteiger partial charge in [-0.05, 0) is 42.9 Å². The average Bonchev–Trinajstić information content (AvgIpc) is 2.58. The molecule has 0 saturated heterocycles. The van der Waals surface area contributed by atoms with E-state index in [9.17, 15) is 19.8 Å². The third-order valence-corrected chi connectivity index (χ3v) is 4.42. The molecule has 0 aromatic heterocycles. The zero-order valence-corrected chi connectivity index (χ0v) is 16.5. The molecule has 0 aliphatic heterocycles. The third kappa shape index (κ3) is 7.70. The molecule has 6 N–H and O–H groups in total. The molecule has 1 aromatic carbocycles. The normalized spacial score (nSPS) is 14.0. The Morgan fingerprint density at radius 2 is 1.74 bits per heavy atom. The van der Waals surface area contributed by atoms with E-state index in [4.69, 9.17) is 5.73 Å². The predicted molar refractivity (Wildman–Crippen MR) is 105 cm³/mol. The van der Waals surface area contributed by atoms with Crippen LogP contribution >= 0.6 is 0 Å². The van der Waals surface area contributed by atoms with Crippen LogP contribution in [0, 0.1) is 19.8 Å². The second-order valence-corrected chi connectivity index (χ2v) is 7.25. The van der Waals surface area contributed by atoms with Crippen molar-refractivity contribution in [3.05, 3.63) is 46.8 Å². The number of aryl methyl sites for hydroxylation is 2. The molecule has 7 nitrogen and oxygen atoms in total. The van der Waals surface area contributed by atoms with Crippen LogP contribution < -0.4 is 16.4 Å². The Kier molecular flexibility index (Phi) is 8.81. The van der Waals surface area contributed by atoms with Gasteiger partial charge in [-0.2, -0.15) is 0 Å². The van der Waals surface area contributed by atoms with E-state index >= 15 is 0 Å². The zero-order chi connectivity index (χ0) is 20.6. The average molecular weight is 377 g/mol. The summed E-state index contributed by atoms with van der Waals surface area (Å²) >= 11 is 0. The highest BCUT2D eigenvalue weighted by atomic mass is 16.4. The molecule has 0 fully saturated rings. The van der Waals surface area contributed by atoms with Crippen LogP contribution in [-0.2, 0) is 16.1 Å². The Hall–Kier alpha value is -2.54. The van der Waals surface area contributed by atoms with E-state index in [2.05, 4.69) is 16.7 Å². The number of aliphatic carboxylic acids is 2. The fraction of sp³-hybridized carbons (Fsp3) is 0.500. The summed E-state index contributed by atoms with van der Waals surface area (Å²) in [6, 6.07) is 4.12. The summed E-state index contributed by atoms with van der Waals surface area (Å²) in [5.74, 6) is -2.05. The molecule has 0 saturated carbocycles. The van der Waals surface area contributed by atoms with Crippen LogP contribution in [0.4, 0.5) is 0 Å². The molecular weight excluding hydrogens is 346 g/mol. The van der Waals surface area contributed by atoms with Crippen molar-refractivity contribution in [3.8, 4) is 0 Å². The number of hydrogen-bond donors (Lipinski definition) is 5. The topological polar surface area (TPSA) is 125 Å². The molecule has 0 amide bonds. The second-order valence-electron chi connectivity index (χ2n) is 7.25. The smallest absolute Gasteiger partial charge is 0.321 e. The van der Waals surface area contributed by atoms with E-state index in [1.54, 1.807) is 0 Å². The van der Waals surface area contributed by atoms with E-state index < -0.39 is 24.0 Å². The van der Waals surface area contributed by atoms with E-state index in [0.29, 0.717) is 18.7 Å². The minimum atomic E-state index is -1.11. The highest BCUT2D eigenvalue weighted by molar-refractivity contribution is 5.77. The Balaban J connectivity index is 2.76. The maximum Gasteiger partial charge on any atom is 0.321 e. The molecule has 150 valence electrons. The number of carbonyl (C=O) groups is 2. The number of hydrogen-bond acceptors (Lipinski definition) is 5. The summed E-state index contributed by atoms with van der Waals surface area (Å²) in [5, 5.41) is 24.7. The molecule has 7 heteroatoms. The Morgan fingerprint density at radius 3 is 2.22 bits per heavy atom. The first kappa shape index (κ1) is 22.5. The molecule has 2 atom stereocenters. The van der Waals surface area contributed by atoms with Gasteiger partial charge in [0.25, 0.3) is 0 Å². The number of carboxylic acid groups (broad SMARTS) is 2. The minimum Gasteiger partial charge on any atom is -0.480 e. The third-order valence-electron chi connectivity index (χ3n) is 4.42. The largest absolute Gasteiger partial charge is 0.480 e. The van der Waals surface area contributed by atoms with Crippen molar-refractivity contribution in [2.45, 2.75) is 59.2 Å².